The van der Waals surface area contributed by atoms with Crippen LogP contribution in [0.15, 0.2) is 28.7 Å². The summed E-state index contributed by atoms with van der Waals surface area (Å²) in [5.74, 6) is 0.130. The van der Waals surface area contributed by atoms with Gasteiger partial charge in [-0.3, -0.25) is 9.69 Å². The maximum Gasteiger partial charge on any atom is 0.234 e. The van der Waals surface area contributed by atoms with Crippen molar-refractivity contribution in [2.75, 3.05) is 19.6 Å². The van der Waals surface area contributed by atoms with E-state index in [1.54, 1.807) is 11.3 Å². The Kier molecular flexibility index (Phi) is 3.37. The predicted molar refractivity (Wildman–Crippen MR) is 77.8 cm³/mol. The van der Waals surface area contributed by atoms with Gasteiger partial charge in [0.05, 0.1) is 6.54 Å². The van der Waals surface area contributed by atoms with Crippen molar-refractivity contribution in [3.05, 3.63) is 33.6 Å². The molecule has 1 amide bonds. The van der Waals surface area contributed by atoms with Gasteiger partial charge in [0.15, 0.2) is 0 Å². The molecule has 3 rings (SSSR count). The van der Waals surface area contributed by atoms with Crippen molar-refractivity contribution < 1.29 is 4.79 Å². The minimum absolute atomic E-state index is 0.130. The van der Waals surface area contributed by atoms with E-state index >= 15 is 0 Å². The summed E-state index contributed by atoms with van der Waals surface area (Å²) < 4.78 is 2.40. The van der Waals surface area contributed by atoms with E-state index in [2.05, 4.69) is 50.4 Å². The summed E-state index contributed by atoms with van der Waals surface area (Å²) in [5.41, 5.74) is 0. The van der Waals surface area contributed by atoms with Crippen molar-refractivity contribution in [1.29, 1.82) is 0 Å². The van der Waals surface area contributed by atoms with Crippen LogP contribution in [-0.2, 0) is 11.3 Å². The summed E-state index contributed by atoms with van der Waals surface area (Å²) in [6.07, 6.45) is 0. The lowest BCUT2D eigenvalue weighted by Gasteiger charge is -2.25. The normalized spacial score (nSPS) is 17.1. The third-order valence-corrected chi connectivity index (χ3v) is 4.61. The van der Waals surface area contributed by atoms with E-state index in [4.69, 9.17) is 0 Å². The molecule has 0 saturated carbocycles. The fourth-order valence-corrected chi connectivity index (χ4v) is 3.84. The molecule has 0 unspecified atom stereocenters. The molecule has 1 aromatic carbocycles. The molecule has 1 aliphatic rings. The topological polar surface area (TPSA) is 32.3 Å². The first-order valence-corrected chi connectivity index (χ1v) is 7.49. The summed E-state index contributed by atoms with van der Waals surface area (Å²) in [6, 6.07) is 8.56. The number of carbonyl (C=O) groups is 1. The molecular weight excluding hydrogens is 312 g/mol. The minimum Gasteiger partial charge on any atom is -0.354 e. The summed E-state index contributed by atoms with van der Waals surface area (Å²) in [7, 11) is 0. The Morgan fingerprint density at radius 1 is 1.39 bits per heavy atom. The molecule has 94 valence electrons. The monoisotopic (exact) mass is 324 g/mol. The molecule has 5 heteroatoms. The van der Waals surface area contributed by atoms with Crippen LogP contribution in [0, 0.1) is 0 Å². The van der Waals surface area contributed by atoms with Crippen LogP contribution in [0.5, 0.6) is 0 Å². The van der Waals surface area contributed by atoms with E-state index in [-0.39, 0.29) is 5.91 Å². The molecule has 2 aromatic rings. The van der Waals surface area contributed by atoms with Crippen molar-refractivity contribution in [3.63, 3.8) is 0 Å². The molecule has 2 heterocycles. The molecular formula is C13H13BrN2OS. The second-order valence-corrected chi connectivity index (χ2v) is 6.54. The fraction of sp³-hybridized carbons (Fsp3) is 0.308. The Morgan fingerprint density at radius 3 is 3.11 bits per heavy atom. The van der Waals surface area contributed by atoms with Crippen molar-refractivity contribution in [3.8, 4) is 0 Å². The molecule has 1 aliphatic heterocycles. The Bertz CT molecular complexity index is 596. The van der Waals surface area contributed by atoms with Crippen molar-refractivity contribution in [2.24, 2.45) is 0 Å². The average molecular weight is 325 g/mol. The zero-order valence-corrected chi connectivity index (χ0v) is 12.2. The van der Waals surface area contributed by atoms with E-state index in [0.29, 0.717) is 6.54 Å². The molecule has 0 radical (unpaired) electrons. The Balaban J connectivity index is 1.80. The van der Waals surface area contributed by atoms with E-state index in [1.807, 2.05) is 0 Å². The first kappa shape index (κ1) is 12.1. The highest BCUT2D eigenvalue weighted by Crippen LogP contribution is 2.29. The molecule has 3 nitrogen and oxygen atoms in total. The van der Waals surface area contributed by atoms with Crippen molar-refractivity contribution >= 4 is 43.3 Å². The first-order chi connectivity index (χ1) is 8.70. The summed E-state index contributed by atoms with van der Waals surface area (Å²) in [6.45, 7) is 3.07. The maximum absolute atomic E-state index is 11.3. The van der Waals surface area contributed by atoms with Gasteiger partial charge in [0.1, 0.15) is 0 Å². The third-order valence-electron chi connectivity index (χ3n) is 3.03. The molecule has 0 aliphatic carbocycles. The number of fused-ring (bicyclic) bond motifs is 1. The molecule has 1 aromatic heterocycles. The minimum atomic E-state index is 0.130. The number of hydrogen-bond donors (Lipinski definition) is 1. The van der Waals surface area contributed by atoms with Crippen LogP contribution in [0.4, 0.5) is 0 Å². The highest BCUT2D eigenvalue weighted by Gasteiger charge is 2.16. The summed E-state index contributed by atoms with van der Waals surface area (Å²) >= 11 is 5.29. The number of carbonyl (C=O) groups excluding carboxylic acids is 1. The standard InChI is InChI=1S/C13H13BrN2OS/c14-10-2-1-9-5-11(18-12(9)6-10)7-16-4-3-15-13(17)8-16/h1-2,5-6H,3-4,7-8H2,(H,15,17). The zero-order valence-electron chi connectivity index (χ0n) is 9.78. The van der Waals surface area contributed by atoms with Gasteiger partial charge in [0.2, 0.25) is 5.91 Å². The van der Waals surface area contributed by atoms with Gasteiger partial charge in [-0.1, -0.05) is 22.0 Å². The number of amides is 1. The first-order valence-electron chi connectivity index (χ1n) is 5.88. The fourth-order valence-electron chi connectivity index (χ4n) is 2.18. The summed E-state index contributed by atoms with van der Waals surface area (Å²) in [5, 5.41) is 4.13. The molecule has 0 atom stereocenters. The van der Waals surface area contributed by atoms with E-state index < -0.39 is 0 Å². The van der Waals surface area contributed by atoms with Crippen molar-refractivity contribution in [2.45, 2.75) is 6.54 Å². The highest BCUT2D eigenvalue weighted by molar-refractivity contribution is 9.10. The smallest absolute Gasteiger partial charge is 0.234 e. The van der Waals surface area contributed by atoms with E-state index in [1.165, 1.54) is 15.0 Å². The Labute approximate surface area is 118 Å². The summed E-state index contributed by atoms with van der Waals surface area (Å²) in [4.78, 5) is 14.8. The van der Waals surface area contributed by atoms with Gasteiger partial charge in [-0.2, -0.15) is 0 Å². The zero-order chi connectivity index (χ0) is 12.5. The maximum atomic E-state index is 11.3. The lowest BCUT2D eigenvalue weighted by molar-refractivity contribution is -0.124. The van der Waals surface area contributed by atoms with Gasteiger partial charge in [-0.25, -0.2) is 0 Å². The largest absolute Gasteiger partial charge is 0.354 e. The second kappa shape index (κ2) is 4.99. The number of halogens is 1. The molecule has 1 saturated heterocycles. The van der Waals surface area contributed by atoms with Crippen LogP contribution in [0.2, 0.25) is 0 Å². The Morgan fingerprint density at radius 2 is 2.28 bits per heavy atom. The molecule has 18 heavy (non-hydrogen) atoms. The van der Waals surface area contributed by atoms with Gasteiger partial charge in [-0.15, -0.1) is 11.3 Å². The van der Waals surface area contributed by atoms with Gasteiger partial charge in [0.25, 0.3) is 0 Å². The molecule has 0 bridgehead atoms. The van der Waals surface area contributed by atoms with Gasteiger partial charge in [-0.05, 0) is 23.6 Å². The van der Waals surface area contributed by atoms with Crippen LogP contribution >= 0.6 is 27.3 Å². The lowest BCUT2D eigenvalue weighted by atomic mass is 10.2. The average Bonchev–Trinajstić information content (AvgIpc) is 2.70. The third kappa shape index (κ3) is 2.58. The molecule has 1 fully saturated rings. The van der Waals surface area contributed by atoms with Crippen LogP contribution in [0.25, 0.3) is 10.1 Å². The van der Waals surface area contributed by atoms with Crippen molar-refractivity contribution in [1.82, 2.24) is 10.2 Å². The molecule has 1 N–H and O–H groups in total. The number of nitrogens with zero attached hydrogens (tertiary/aromatic N) is 1. The highest BCUT2D eigenvalue weighted by atomic mass is 79.9. The van der Waals surface area contributed by atoms with Crippen LogP contribution in [0.1, 0.15) is 4.88 Å². The SMILES string of the molecule is O=C1CN(Cc2cc3ccc(Br)cc3s2)CCN1. The van der Waals surface area contributed by atoms with E-state index in [0.717, 1.165) is 24.1 Å². The van der Waals surface area contributed by atoms with Crippen LogP contribution < -0.4 is 5.32 Å². The number of hydrogen-bond acceptors (Lipinski definition) is 3. The number of thiophene rings is 1. The Hall–Kier alpha value is -0.910. The molecule has 0 spiro atoms. The van der Waals surface area contributed by atoms with E-state index in [9.17, 15) is 4.79 Å². The lowest BCUT2D eigenvalue weighted by Crippen LogP contribution is -2.46. The quantitative estimate of drug-likeness (QED) is 0.920. The number of rotatable bonds is 2. The van der Waals surface area contributed by atoms with Gasteiger partial charge in [0, 0.05) is 33.7 Å². The van der Waals surface area contributed by atoms with Gasteiger partial charge < -0.3 is 5.32 Å². The predicted octanol–water partition coefficient (Wildman–Crippen LogP) is 2.60. The van der Waals surface area contributed by atoms with Gasteiger partial charge >= 0.3 is 0 Å². The second-order valence-electron chi connectivity index (χ2n) is 4.46. The number of nitrogens with one attached hydrogen (secondary N) is 1. The van der Waals surface area contributed by atoms with Crippen LogP contribution in [0.3, 0.4) is 0 Å². The van der Waals surface area contributed by atoms with Crippen LogP contribution in [-0.4, -0.2) is 30.4 Å². The number of benzene rings is 1. The number of piperazine rings is 1.